The fourth-order valence-electron chi connectivity index (χ4n) is 6.78. The number of esters is 1. The highest BCUT2D eigenvalue weighted by atomic mass is 35.5. The van der Waals surface area contributed by atoms with Gasteiger partial charge in [0.25, 0.3) is 0 Å². The van der Waals surface area contributed by atoms with Crippen LogP contribution in [0.15, 0.2) is 73.3 Å². The molecule has 10 nitrogen and oxygen atoms in total. The number of aromatic nitrogens is 2. The molecule has 1 aromatic heterocycles. The van der Waals surface area contributed by atoms with Gasteiger partial charge < -0.3 is 28.7 Å². The van der Waals surface area contributed by atoms with Gasteiger partial charge in [0.15, 0.2) is 0 Å². The summed E-state index contributed by atoms with van der Waals surface area (Å²) in [5.41, 5.74) is 4.10. The van der Waals surface area contributed by atoms with E-state index in [0.717, 1.165) is 54.3 Å². The normalized spacial score (nSPS) is 19.3. The zero-order valence-corrected chi connectivity index (χ0v) is 32.9. The van der Waals surface area contributed by atoms with Gasteiger partial charge in [0.05, 0.1) is 23.1 Å². The third-order valence-electron chi connectivity index (χ3n) is 9.67. The summed E-state index contributed by atoms with van der Waals surface area (Å²) in [7, 11) is 0. The van der Waals surface area contributed by atoms with Crippen LogP contribution in [0.2, 0.25) is 10.0 Å². The van der Waals surface area contributed by atoms with Gasteiger partial charge in [0.2, 0.25) is 18.0 Å². The van der Waals surface area contributed by atoms with Gasteiger partial charge in [-0.05, 0) is 99.8 Å². The molecule has 282 valence electrons. The lowest BCUT2D eigenvalue weighted by molar-refractivity contribution is -0.688. The Morgan fingerprint density at radius 1 is 0.981 bits per heavy atom. The summed E-state index contributed by atoms with van der Waals surface area (Å²) < 4.78 is 29.4. The van der Waals surface area contributed by atoms with E-state index in [-0.39, 0.29) is 18.0 Å². The Kier molecular flexibility index (Phi) is 11.7. The molecule has 4 aromatic rings. The van der Waals surface area contributed by atoms with Crippen molar-refractivity contribution in [3.8, 4) is 11.5 Å². The number of piperazine rings is 1. The highest BCUT2D eigenvalue weighted by molar-refractivity contribution is 6.35. The molecule has 3 aromatic carbocycles. The summed E-state index contributed by atoms with van der Waals surface area (Å²) in [6.07, 6.45) is 6.38. The molecular formula is C41H49Cl2N4O6+. The van der Waals surface area contributed by atoms with E-state index in [9.17, 15) is 9.59 Å². The number of amides is 1. The number of ether oxygens (including phenoxy) is 4. The predicted molar refractivity (Wildman–Crippen MR) is 205 cm³/mol. The van der Waals surface area contributed by atoms with Crippen molar-refractivity contribution in [2.45, 2.75) is 72.9 Å². The summed E-state index contributed by atoms with van der Waals surface area (Å²) in [4.78, 5) is 28.4. The van der Waals surface area contributed by atoms with Gasteiger partial charge in [-0.1, -0.05) is 29.3 Å². The van der Waals surface area contributed by atoms with Crippen LogP contribution in [0.4, 0.5) is 5.69 Å². The molecule has 0 spiro atoms. The third kappa shape index (κ3) is 9.35. The number of rotatable bonds is 10. The quantitative estimate of drug-likeness (QED) is 0.0968. The van der Waals surface area contributed by atoms with Gasteiger partial charge in [-0.25, -0.2) is 9.13 Å². The molecule has 0 radical (unpaired) electrons. The number of anilines is 1. The molecule has 0 unspecified atom stereocenters. The van der Waals surface area contributed by atoms with Gasteiger partial charge in [0, 0.05) is 55.8 Å². The van der Waals surface area contributed by atoms with Crippen LogP contribution in [0.5, 0.6) is 11.5 Å². The van der Waals surface area contributed by atoms with E-state index in [0.29, 0.717) is 54.1 Å². The molecule has 2 atom stereocenters. The van der Waals surface area contributed by atoms with Crippen LogP contribution < -0.4 is 18.9 Å². The van der Waals surface area contributed by atoms with Crippen molar-refractivity contribution in [1.29, 1.82) is 0 Å². The molecule has 3 heterocycles. The smallest absolute Gasteiger partial charge is 0.316 e. The van der Waals surface area contributed by atoms with E-state index >= 15 is 0 Å². The number of hydrogen-bond donors (Lipinski definition) is 0. The van der Waals surface area contributed by atoms with Crippen molar-refractivity contribution in [2.75, 3.05) is 44.3 Å². The second kappa shape index (κ2) is 16.1. The molecule has 1 amide bonds. The first-order valence-corrected chi connectivity index (χ1v) is 18.8. The van der Waals surface area contributed by atoms with Gasteiger partial charge in [-0.15, -0.1) is 0 Å². The zero-order valence-electron chi connectivity index (χ0n) is 31.4. The lowest BCUT2D eigenvalue weighted by Crippen LogP contribution is -2.48. The van der Waals surface area contributed by atoms with E-state index in [1.807, 2.05) is 81.0 Å². The van der Waals surface area contributed by atoms with Crippen molar-refractivity contribution in [3.05, 3.63) is 106 Å². The Labute approximate surface area is 322 Å². The molecule has 2 aliphatic rings. The van der Waals surface area contributed by atoms with Crippen molar-refractivity contribution >= 4 is 40.8 Å². The fraction of sp³-hybridized carbons (Fsp3) is 0.439. The second-order valence-electron chi connectivity index (χ2n) is 15.0. The van der Waals surface area contributed by atoms with Gasteiger partial charge in [0.1, 0.15) is 43.6 Å². The van der Waals surface area contributed by atoms with Gasteiger partial charge >= 0.3 is 5.97 Å². The van der Waals surface area contributed by atoms with Crippen molar-refractivity contribution < 1.29 is 33.1 Å². The average Bonchev–Trinajstić information content (AvgIpc) is 3.54. The molecule has 12 heteroatoms. The highest BCUT2D eigenvalue weighted by Crippen LogP contribution is 2.40. The van der Waals surface area contributed by atoms with Crippen LogP contribution in [0.1, 0.15) is 56.4 Å². The molecule has 2 aliphatic heterocycles. The number of carbonyl (C=O) groups excluding carboxylic acids is 2. The topological polar surface area (TPSA) is 86.4 Å². The summed E-state index contributed by atoms with van der Waals surface area (Å²) >= 11 is 13.1. The highest BCUT2D eigenvalue weighted by Gasteiger charge is 2.44. The SMILES string of the molecule is CC(=O)N1CCN(c2ccc(OC[C@@H]3CCO[C@](Cn4cc[n+](Cc5cc(C)c(OC(=O)C(C)(C)C)c(C)c5)c4)(c4ccc(Cl)cc4Cl)O3)cc2)CC1. The first kappa shape index (κ1) is 38.6. The maximum Gasteiger partial charge on any atom is 0.316 e. The lowest BCUT2D eigenvalue weighted by atomic mass is 9.97. The van der Waals surface area contributed by atoms with Gasteiger partial charge in [-0.2, -0.15) is 0 Å². The van der Waals surface area contributed by atoms with Crippen LogP contribution in [0, 0.1) is 19.3 Å². The minimum atomic E-state index is -1.19. The Balaban J connectivity index is 1.14. The standard InChI is InChI=1S/C41H49Cl2N4O6/c1-28-21-31(22-29(2)38(28)52-39(49)40(4,5)6)24-44-14-15-45(27-44)26-41(36-12-7-32(42)23-37(36)43)51-20-13-35(53-41)25-50-34-10-8-33(9-11-34)47-18-16-46(17-19-47)30(3)48/h7-12,14-15,21-23,27,35H,13,16-20,24-26H2,1-6H3/q+1/t35-,41-/m0/s1. The first-order chi connectivity index (χ1) is 25.2. The van der Waals surface area contributed by atoms with Crippen LogP contribution in [0.25, 0.3) is 0 Å². The average molecular weight is 765 g/mol. The van der Waals surface area contributed by atoms with Crippen molar-refractivity contribution in [1.82, 2.24) is 9.47 Å². The molecule has 0 saturated carbocycles. The molecule has 2 fully saturated rings. The number of imidazole rings is 1. The van der Waals surface area contributed by atoms with E-state index < -0.39 is 11.2 Å². The van der Waals surface area contributed by atoms with E-state index in [1.165, 1.54) is 0 Å². The largest absolute Gasteiger partial charge is 0.491 e. The Hall–Kier alpha value is -4.09. The van der Waals surface area contributed by atoms with Crippen LogP contribution in [0.3, 0.4) is 0 Å². The van der Waals surface area contributed by atoms with E-state index in [1.54, 1.807) is 19.1 Å². The maximum absolute atomic E-state index is 12.6. The number of halogens is 2. The third-order valence-corrected chi connectivity index (χ3v) is 10.2. The van der Waals surface area contributed by atoms with Crippen LogP contribution in [-0.2, 0) is 37.9 Å². The van der Waals surface area contributed by atoms with Gasteiger partial charge in [-0.3, -0.25) is 9.59 Å². The van der Waals surface area contributed by atoms with Crippen molar-refractivity contribution in [3.63, 3.8) is 0 Å². The molecule has 0 aliphatic carbocycles. The molecule has 53 heavy (non-hydrogen) atoms. The fourth-order valence-corrected chi connectivity index (χ4v) is 7.33. The summed E-state index contributed by atoms with van der Waals surface area (Å²) in [5.74, 6) is 0.0294. The summed E-state index contributed by atoms with van der Waals surface area (Å²) in [6.45, 7) is 15.9. The Bertz CT molecular complexity index is 1910. The predicted octanol–water partition coefficient (Wildman–Crippen LogP) is 7.11. The number of benzene rings is 3. The molecule has 2 saturated heterocycles. The van der Waals surface area contributed by atoms with Crippen LogP contribution in [-0.4, -0.2) is 66.8 Å². The molecule has 6 rings (SSSR count). The molecular weight excluding hydrogens is 715 g/mol. The maximum atomic E-state index is 12.6. The summed E-state index contributed by atoms with van der Waals surface area (Å²) in [5, 5.41) is 0.981. The first-order valence-electron chi connectivity index (χ1n) is 18.1. The Morgan fingerprint density at radius 2 is 1.68 bits per heavy atom. The Morgan fingerprint density at radius 3 is 2.32 bits per heavy atom. The molecule has 0 N–H and O–H groups in total. The van der Waals surface area contributed by atoms with Crippen molar-refractivity contribution in [2.24, 2.45) is 5.41 Å². The van der Waals surface area contributed by atoms with E-state index in [4.69, 9.17) is 42.1 Å². The molecule has 0 bridgehead atoms. The number of carbonyl (C=O) groups is 2. The number of hydrogen-bond acceptors (Lipinski definition) is 7. The lowest BCUT2D eigenvalue weighted by Gasteiger charge is -2.40. The second-order valence-corrected chi connectivity index (χ2v) is 15.9. The zero-order chi connectivity index (χ0) is 37.9. The minimum Gasteiger partial charge on any atom is -0.491 e. The number of aryl methyl sites for hydroxylation is 2. The summed E-state index contributed by atoms with van der Waals surface area (Å²) in [6, 6.07) is 17.5. The monoisotopic (exact) mass is 763 g/mol. The van der Waals surface area contributed by atoms with Crippen LogP contribution >= 0.6 is 23.2 Å². The van der Waals surface area contributed by atoms with E-state index in [2.05, 4.69) is 33.7 Å². The minimum absolute atomic E-state index is 0.120. The number of nitrogens with zero attached hydrogens (tertiary/aromatic N) is 4.